The maximum absolute atomic E-state index is 12.5. The summed E-state index contributed by atoms with van der Waals surface area (Å²) in [6.45, 7) is 5.57. The fraction of sp³-hybridized carbons (Fsp3) is 0.500. The molecule has 0 bridgehead atoms. The van der Waals surface area contributed by atoms with Crippen LogP contribution in [0.3, 0.4) is 0 Å². The summed E-state index contributed by atoms with van der Waals surface area (Å²) >= 11 is 0. The van der Waals surface area contributed by atoms with Crippen LogP contribution in [0.1, 0.15) is 50.3 Å². The molecule has 5 nitrogen and oxygen atoms in total. The van der Waals surface area contributed by atoms with Gasteiger partial charge in [-0.3, -0.25) is 4.79 Å². The van der Waals surface area contributed by atoms with Gasteiger partial charge in [-0.1, -0.05) is 17.4 Å². The van der Waals surface area contributed by atoms with Crippen LogP contribution in [0.5, 0.6) is 0 Å². The van der Waals surface area contributed by atoms with E-state index in [9.17, 15) is 14.7 Å². The smallest absolute Gasteiger partial charge is 0.338 e. The highest BCUT2D eigenvalue weighted by Crippen LogP contribution is 2.39. The molecule has 0 spiro atoms. The van der Waals surface area contributed by atoms with E-state index in [1.165, 1.54) is 4.57 Å². The van der Waals surface area contributed by atoms with Crippen LogP contribution in [0.2, 0.25) is 0 Å². The Labute approximate surface area is 147 Å². The highest BCUT2D eigenvalue weighted by molar-refractivity contribution is 6.19. The van der Waals surface area contributed by atoms with Gasteiger partial charge in [0, 0.05) is 36.4 Å². The molecule has 25 heavy (non-hydrogen) atoms. The van der Waals surface area contributed by atoms with Gasteiger partial charge in [-0.15, -0.1) is 0 Å². The average Bonchev–Trinajstić information content (AvgIpc) is 3.34. The first-order valence-corrected chi connectivity index (χ1v) is 8.61. The van der Waals surface area contributed by atoms with Crippen molar-refractivity contribution in [3.63, 3.8) is 0 Å². The molecule has 1 aromatic rings. The zero-order valence-electron chi connectivity index (χ0n) is 15.1. The number of aryl methyl sites for hydroxylation is 1. The van der Waals surface area contributed by atoms with Crippen LogP contribution in [-0.4, -0.2) is 27.9 Å². The molecule has 0 aliphatic heterocycles. The van der Waals surface area contributed by atoms with Crippen molar-refractivity contribution in [1.82, 2.24) is 4.57 Å². The predicted molar refractivity (Wildman–Crippen MR) is 94.8 cm³/mol. The molecular formula is C20H23NO4. The van der Waals surface area contributed by atoms with Crippen molar-refractivity contribution < 1.29 is 14.6 Å². The van der Waals surface area contributed by atoms with Crippen molar-refractivity contribution in [3.8, 4) is 11.8 Å². The largest absolute Gasteiger partial charge is 0.462 e. The van der Waals surface area contributed by atoms with Crippen LogP contribution in [0.4, 0.5) is 0 Å². The van der Waals surface area contributed by atoms with Gasteiger partial charge in [-0.2, -0.15) is 0 Å². The van der Waals surface area contributed by atoms with Crippen molar-refractivity contribution in [2.75, 3.05) is 6.61 Å². The highest BCUT2D eigenvalue weighted by atomic mass is 16.5. The van der Waals surface area contributed by atoms with Gasteiger partial charge in [0.15, 0.2) is 0 Å². The van der Waals surface area contributed by atoms with E-state index in [4.69, 9.17) is 4.74 Å². The van der Waals surface area contributed by atoms with Crippen LogP contribution in [0.25, 0.3) is 5.57 Å². The number of nitrogens with zero attached hydrogens (tertiary/aromatic N) is 1. The Morgan fingerprint density at radius 2 is 2.16 bits per heavy atom. The summed E-state index contributed by atoms with van der Waals surface area (Å²) in [5, 5.41) is 10.5. The van der Waals surface area contributed by atoms with Crippen LogP contribution < -0.4 is 5.56 Å². The van der Waals surface area contributed by atoms with Crippen LogP contribution >= 0.6 is 0 Å². The third kappa shape index (κ3) is 3.14. The molecule has 1 N–H and O–H groups in total. The fourth-order valence-corrected chi connectivity index (χ4v) is 3.33. The molecule has 1 saturated carbocycles. The first-order chi connectivity index (χ1) is 11.8. The van der Waals surface area contributed by atoms with Gasteiger partial charge in [0.05, 0.1) is 12.2 Å². The number of carbonyl (C=O) groups excluding carboxylic acids is 1. The first-order valence-electron chi connectivity index (χ1n) is 8.61. The van der Waals surface area contributed by atoms with Gasteiger partial charge in [0.1, 0.15) is 5.60 Å². The molecule has 1 fully saturated rings. The van der Waals surface area contributed by atoms with Crippen molar-refractivity contribution in [1.29, 1.82) is 0 Å². The lowest BCUT2D eigenvalue weighted by molar-refractivity contribution is -0.136. The topological polar surface area (TPSA) is 68.5 Å². The number of aliphatic hydroxyl groups is 1. The Hall–Kier alpha value is -2.32. The minimum atomic E-state index is -1.05. The molecule has 1 unspecified atom stereocenters. The summed E-state index contributed by atoms with van der Waals surface area (Å²) in [6, 6.07) is 0. The zero-order valence-corrected chi connectivity index (χ0v) is 15.1. The lowest BCUT2D eigenvalue weighted by Crippen LogP contribution is -2.25. The third-order valence-electron chi connectivity index (χ3n) is 4.89. The molecular weight excluding hydrogens is 318 g/mol. The number of ether oxygens (including phenoxy) is 1. The lowest BCUT2D eigenvalue weighted by atomic mass is 9.98. The Morgan fingerprint density at radius 1 is 1.48 bits per heavy atom. The van der Waals surface area contributed by atoms with Gasteiger partial charge in [-0.05, 0) is 39.5 Å². The molecule has 0 aromatic carbocycles. The second-order valence-electron chi connectivity index (χ2n) is 7.04. The van der Waals surface area contributed by atoms with Gasteiger partial charge in [-0.25, -0.2) is 4.79 Å². The van der Waals surface area contributed by atoms with Crippen molar-refractivity contribution >= 4 is 11.5 Å². The Morgan fingerprint density at radius 3 is 2.76 bits per heavy atom. The second kappa shape index (κ2) is 6.20. The van der Waals surface area contributed by atoms with E-state index in [0.717, 1.165) is 18.4 Å². The zero-order chi connectivity index (χ0) is 18.4. The Bertz CT molecular complexity index is 889. The summed E-state index contributed by atoms with van der Waals surface area (Å²) in [6.07, 6.45) is 4.00. The van der Waals surface area contributed by atoms with E-state index in [1.807, 2.05) is 6.92 Å². The third-order valence-corrected chi connectivity index (χ3v) is 4.89. The molecule has 1 heterocycles. The number of rotatable bonds is 3. The molecule has 0 radical (unpaired) electrons. The maximum Gasteiger partial charge on any atom is 0.338 e. The van der Waals surface area contributed by atoms with Crippen molar-refractivity contribution in [3.05, 3.63) is 38.8 Å². The van der Waals surface area contributed by atoms with Crippen LogP contribution in [0, 0.1) is 17.8 Å². The van der Waals surface area contributed by atoms with E-state index in [1.54, 1.807) is 27.1 Å². The monoisotopic (exact) mass is 341 g/mol. The molecule has 2 aliphatic carbocycles. The number of pyridine rings is 1. The van der Waals surface area contributed by atoms with E-state index < -0.39 is 11.6 Å². The van der Waals surface area contributed by atoms with Gasteiger partial charge in [0.25, 0.3) is 5.56 Å². The number of hydrogen-bond donors (Lipinski definition) is 1. The predicted octanol–water partition coefficient (Wildman–Crippen LogP) is 1.79. The van der Waals surface area contributed by atoms with Crippen molar-refractivity contribution in [2.45, 2.75) is 45.6 Å². The van der Waals surface area contributed by atoms with E-state index in [2.05, 4.69) is 11.8 Å². The Balaban J connectivity index is 2.14. The molecule has 0 saturated heterocycles. The Kier molecular flexibility index (Phi) is 4.34. The molecule has 1 aromatic heterocycles. The molecule has 2 aliphatic rings. The number of carbonyl (C=O) groups is 1. The SMILES string of the molecule is CCOC(=O)C1=C(C)Cc2c1c(C#CC(C)(O)C1CC1)cn(C)c2=O. The summed E-state index contributed by atoms with van der Waals surface area (Å²) < 4.78 is 6.65. The quantitative estimate of drug-likeness (QED) is 0.672. The summed E-state index contributed by atoms with van der Waals surface area (Å²) in [5.74, 6) is 5.73. The standard InChI is InChI=1S/C20H23NO4/c1-5-25-19(23)16-12(2)10-15-17(16)13(11-21(4)18(15)22)8-9-20(3,24)14-6-7-14/h11,14,24H,5-7,10H2,1-4H3. The maximum atomic E-state index is 12.5. The van der Waals surface area contributed by atoms with Crippen LogP contribution in [0.15, 0.2) is 16.6 Å². The minimum absolute atomic E-state index is 0.131. The van der Waals surface area contributed by atoms with Crippen molar-refractivity contribution in [2.24, 2.45) is 13.0 Å². The average molecular weight is 341 g/mol. The number of hydrogen-bond acceptors (Lipinski definition) is 4. The van der Waals surface area contributed by atoms with E-state index in [0.29, 0.717) is 28.7 Å². The number of fused-ring (bicyclic) bond motifs is 1. The van der Waals surface area contributed by atoms with E-state index in [-0.39, 0.29) is 18.1 Å². The highest BCUT2D eigenvalue weighted by Gasteiger charge is 2.38. The lowest BCUT2D eigenvalue weighted by Gasteiger charge is -2.15. The van der Waals surface area contributed by atoms with Gasteiger partial charge >= 0.3 is 5.97 Å². The summed E-state index contributed by atoms with van der Waals surface area (Å²) in [4.78, 5) is 24.9. The summed E-state index contributed by atoms with van der Waals surface area (Å²) in [7, 11) is 1.67. The van der Waals surface area contributed by atoms with Gasteiger partial charge in [0.2, 0.25) is 0 Å². The summed E-state index contributed by atoms with van der Waals surface area (Å²) in [5.41, 5.74) is 1.78. The number of esters is 1. The molecule has 0 amide bonds. The van der Waals surface area contributed by atoms with Crippen LogP contribution in [-0.2, 0) is 23.0 Å². The van der Waals surface area contributed by atoms with Gasteiger partial charge < -0.3 is 14.4 Å². The number of aromatic nitrogens is 1. The molecule has 3 rings (SSSR count). The molecule has 132 valence electrons. The fourth-order valence-electron chi connectivity index (χ4n) is 3.33. The normalized spacial score (nSPS) is 18.3. The molecule has 1 atom stereocenters. The second-order valence-corrected chi connectivity index (χ2v) is 7.04. The minimum Gasteiger partial charge on any atom is -0.462 e. The first kappa shape index (κ1) is 17.5. The van der Waals surface area contributed by atoms with E-state index >= 15 is 0 Å². The molecule has 5 heteroatoms. The number of allylic oxidation sites excluding steroid dienone is 1.